The summed E-state index contributed by atoms with van der Waals surface area (Å²) in [4.78, 5) is 23.1. The molecule has 1 aromatic carbocycles. The largest absolute Gasteiger partial charge is 0.494 e. The van der Waals surface area contributed by atoms with E-state index in [1.54, 1.807) is 18.5 Å². The summed E-state index contributed by atoms with van der Waals surface area (Å²) < 4.78 is 5.46. The number of carbonyl (C=O) groups is 1. The molecule has 0 atom stereocenters. The molecule has 1 aliphatic heterocycles. The molecule has 2 heterocycles. The van der Waals surface area contributed by atoms with Crippen molar-refractivity contribution in [2.75, 3.05) is 29.9 Å². The average molecular weight is 326 g/mol. The van der Waals surface area contributed by atoms with Crippen LogP contribution in [0.2, 0.25) is 0 Å². The minimum Gasteiger partial charge on any atom is -0.494 e. The Morgan fingerprint density at radius 3 is 2.71 bits per heavy atom. The molecule has 126 valence electrons. The number of piperidine rings is 1. The van der Waals surface area contributed by atoms with E-state index in [4.69, 9.17) is 4.74 Å². The van der Waals surface area contributed by atoms with Crippen LogP contribution >= 0.6 is 0 Å². The highest BCUT2D eigenvalue weighted by molar-refractivity contribution is 5.92. The second-order valence-corrected chi connectivity index (χ2v) is 5.76. The smallest absolute Gasteiger partial charge is 0.227 e. The summed E-state index contributed by atoms with van der Waals surface area (Å²) in [5, 5.41) is 3.00. The van der Waals surface area contributed by atoms with Crippen LogP contribution in [0.15, 0.2) is 42.7 Å². The van der Waals surface area contributed by atoms with E-state index in [0.29, 0.717) is 6.61 Å². The number of aromatic nitrogens is 2. The highest BCUT2D eigenvalue weighted by Crippen LogP contribution is 2.23. The van der Waals surface area contributed by atoms with Crippen molar-refractivity contribution in [3.63, 3.8) is 0 Å². The number of hydrogen-bond donors (Lipinski definition) is 1. The lowest BCUT2D eigenvalue weighted by atomic mass is 9.96. The van der Waals surface area contributed by atoms with Crippen molar-refractivity contribution in [2.45, 2.75) is 19.8 Å². The number of hydrogen-bond acceptors (Lipinski definition) is 5. The summed E-state index contributed by atoms with van der Waals surface area (Å²) in [6.45, 7) is 4.13. The molecule has 24 heavy (non-hydrogen) atoms. The van der Waals surface area contributed by atoms with Crippen LogP contribution < -0.4 is 15.0 Å². The molecule has 1 aromatic heterocycles. The second-order valence-electron chi connectivity index (χ2n) is 5.76. The van der Waals surface area contributed by atoms with Crippen LogP contribution in [0.5, 0.6) is 5.75 Å². The van der Waals surface area contributed by atoms with Gasteiger partial charge in [-0.05, 0) is 38.0 Å². The fourth-order valence-corrected chi connectivity index (χ4v) is 2.87. The van der Waals surface area contributed by atoms with Gasteiger partial charge in [0, 0.05) is 43.2 Å². The zero-order valence-electron chi connectivity index (χ0n) is 13.8. The lowest BCUT2D eigenvalue weighted by molar-refractivity contribution is -0.120. The van der Waals surface area contributed by atoms with Crippen molar-refractivity contribution >= 4 is 17.5 Å². The average Bonchev–Trinajstić information content (AvgIpc) is 2.63. The maximum absolute atomic E-state index is 12.5. The molecular formula is C18H22N4O2. The summed E-state index contributed by atoms with van der Waals surface area (Å²) in [6.07, 6.45) is 5.09. The summed E-state index contributed by atoms with van der Waals surface area (Å²) >= 11 is 0. The Morgan fingerprint density at radius 1 is 1.25 bits per heavy atom. The molecule has 0 radical (unpaired) electrons. The molecule has 1 fully saturated rings. The van der Waals surface area contributed by atoms with E-state index in [2.05, 4.69) is 20.2 Å². The Labute approximate surface area is 141 Å². The third-order valence-electron chi connectivity index (χ3n) is 4.11. The molecule has 0 unspecified atom stereocenters. The van der Waals surface area contributed by atoms with E-state index >= 15 is 0 Å². The summed E-state index contributed by atoms with van der Waals surface area (Å²) in [5.74, 6) is 1.59. The van der Waals surface area contributed by atoms with Crippen molar-refractivity contribution in [2.24, 2.45) is 5.92 Å². The standard InChI is InChI=1S/C18H22N4O2/c1-2-24-16-6-3-5-15(13-16)21-17(23)14-7-11-22(12-8-14)18-19-9-4-10-20-18/h3-6,9-10,13-14H,2,7-8,11-12H2,1H3,(H,21,23). The predicted molar refractivity (Wildman–Crippen MR) is 93.2 cm³/mol. The molecule has 2 aromatic rings. The van der Waals surface area contributed by atoms with Gasteiger partial charge >= 0.3 is 0 Å². The van der Waals surface area contributed by atoms with Crippen molar-refractivity contribution in [3.05, 3.63) is 42.7 Å². The number of carbonyl (C=O) groups excluding carboxylic acids is 1. The number of amides is 1. The van der Waals surface area contributed by atoms with E-state index in [1.165, 1.54) is 0 Å². The number of nitrogens with one attached hydrogen (secondary N) is 1. The van der Waals surface area contributed by atoms with Gasteiger partial charge in [0.05, 0.1) is 6.61 Å². The third-order valence-corrected chi connectivity index (χ3v) is 4.11. The van der Waals surface area contributed by atoms with Gasteiger partial charge in [-0.15, -0.1) is 0 Å². The zero-order valence-corrected chi connectivity index (χ0v) is 13.8. The molecule has 1 saturated heterocycles. The van der Waals surface area contributed by atoms with Crippen molar-refractivity contribution in [1.29, 1.82) is 0 Å². The summed E-state index contributed by atoms with van der Waals surface area (Å²) in [6, 6.07) is 9.31. The number of rotatable bonds is 5. The van der Waals surface area contributed by atoms with Crippen molar-refractivity contribution in [3.8, 4) is 5.75 Å². The maximum atomic E-state index is 12.5. The van der Waals surface area contributed by atoms with Gasteiger partial charge in [0.1, 0.15) is 5.75 Å². The first-order chi connectivity index (χ1) is 11.8. The molecule has 1 N–H and O–H groups in total. The normalized spacial score (nSPS) is 15.1. The van der Waals surface area contributed by atoms with Crippen molar-refractivity contribution in [1.82, 2.24) is 9.97 Å². The van der Waals surface area contributed by atoms with Crippen molar-refractivity contribution < 1.29 is 9.53 Å². The fourth-order valence-electron chi connectivity index (χ4n) is 2.87. The van der Waals surface area contributed by atoms with Crippen LogP contribution in [-0.2, 0) is 4.79 Å². The molecule has 6 heteroatoms. The molecular weight excluding hydrogens is 304 g/mol. The number of nitrogens with zero attached hydrogens (tertiary/aromatic N) is 3. The molecule has 6 nitrogen and oxygen atoms in total. The molecule has 0 aliphatic carbocycles. The van der Waals surface area contributed by atoms with Gasteiger partial charge in [0.2, 0.25) is 11.9 Å². The van der Waals surface area contributed by atoms with E-state index in [1.807, 2.05) is 31.2 Å². The third kappa shape index (κ3) is 4.01. The Hall–Kier alpha value is -2.63. The van der Waals surface area contributed by atoms with Crippen LogP contribution in [0.3, 0.4) is 0 Å². The maximum Gasteiger partial charge on any atom is 0.227 e. The monoisotopic (exact) mass is 326 g/mol. The quantitative estimate of drug-likeness (QED) is 0.915. The van der Waals surface area contributed by atoms with Gasteiger partial charge in [-0.25, -0.2) is 9.97 Å². The minimum absolute atomic E-state index is 0.0145. The summed E-state index contributed by atoms with van der Waals surface area (Å²) in [5.41, 5.74) is 0.778. The van der Waals surface area contributed by atoms with Gasteiger partial charge in [0.25, 0.3) is 0 Å². The molecule has 0 bridgehead atoms. The fraction of sp³-hybridized carbons (Fsp3) is 0.389. The van der Waals surface area contributed by atoms with Gasteiger partial charge < -0.3 is 15.0 Å². The van der Waals surface area contributed by atoms with Gasteiger partial charge in [-0.3, -0.25) is 4.79 Å². The van der Waals surface area contributed by atoms with E-state index in [9.17, 15) is 4.79 Å². The number of benzene rings is 1. The van der Waals surface area contributed by atoms with Gasteiger partial charge in [0.15, 0.2) is 0 Å². The van der Waals surface area contributed by atoms with E-state index < -0.39 is 0 Å². The number of anilines is 2. The van der Waals surface area contributed by atoms with Crippen LogP contribution in [0.25, 0.3) is 0 Å². The van der Waals surface area contributed by atoms with Crippen LogP contribution in [0.4, 0.5) is 11.6 Å². The first-order valence-corrected chi connectivity index (χ1v) is 8.32. The Balaban J connectivity index is 1.54. The Bertz CT molecular complexity index is 670. The van der Waals surface area contributed by atoms with Gasteiger partial charge in [-0.2, -0.15) is 0 Å². The predicted octanol–water partition coefficient (Wildman–Crippen LogP) is 2.73. The lowest BCUT2D eigenvalue weighted by Gasteiger charge is -2.31. The van der Waals surface area contributed by atoms with Crippen LogP contribution in [0, 0.1) is 5.92 Å². The first kappa shape index (κ1) is 16.2. The van der Waals surface area contributed by atoms with Gasteiger partial charge in [-0.1, -0.05) is 6.07 Å². The SMILES string of the molecule is CCOc1cccc(NC(=O)C2CCN(c3ncccn3)CC2)c1. The zero-order chi connectivity index (χ0) is 16.8. The summed E-state index contributed by atoms with van der Waals surface area (Å²) in [7, 11) is 0. The highest BCUT2D eigenvalue weighted by Gasteiger charge is 2.26. The topological polar surface area (TPSA) is 67.3 Å². The molecule has 0 saturated carbocycles. The molecule has 1 amide bonds. The first-order valence-electron chi connectivity index (χ1n) is 8.32. The Kier molecular flexibility index (Phi) is 5.25. The molecule has 1 aliphatic rings. The van der Waals surface area contributed by atoms with Crippen LogP contribution in [-0.4, -0.2) is 35.6 Å². The minimum atomic E-state index is 0.0145. The molecule has 3 rings (SSSR count). The Morgan fingerprint density at radius 2 is 2.00 bits per heavy atom. The number of ether oxygens (including phenoxy) is 1. The highest BCUT2D eigenvalue weighted by atomic mass is 16.5. The van der Waals surface area contributed by atoms with Crippen LogP contribution in [0.1, 0.15) is 19.8 Å². The second kappa shape index (κ2) is 7.77. The lowest BCUT2D eigenvalue weighted by Crippen LogP contribution is -2.39. The van der Waals surface area contributed by atoms with E-state index in [-0.39, 0.29) is 11.8 Å². The molecule has 0 spiro atoms. The van der Waals surface area contributed by atoms with E-state index in [0.717, 1.165) is 43.3 Å².